The zero-order valence-corrected chi connectivity index (χ0v) is 13.3. The average Bonchev–Trinajstić information content (AvgIpc) is 2.82. The van der Waals surface area contributed by atoms with Gasteiger partial charge in [0.05, 0.1) is 10.7 Å². The van der Waals surface area contributed by atoms with Crippen molar-refractivity contribution >= 4 is 29.1 Å². The summed E-state index contributed by atoms with van der Waals surface area (Å²) in [5, 5.41) is 0.556. The molecular weight excluding hydrogens is 304 g/mol. The second-order valence-electron chi connectivity index (χ2n) is 5.42. The highest BCUT2D eigenvalue weighted by Crippen LogP contribution is 2.18. The summed E-state index contributed by atoms with van der Waals surface area (Å²) in [6, 6.07) is 3.54. The van der Waals surface area contributed by atoms with Gasteiger partial charge >= 0.3 is 0 Å². The van der Waals surface area contributed by atoms with Crippen LogP contribution in [0.4, 0.5) is 0 Å². The molecule has 6 nitrogen and oxygen atoms in total. The summed E-state index contributed by atoms with van der Waals surface area (Å²) in [7, 11) is 0. The monoisotopic (exact) mass is 320 g/mol. The van der Waals surface area contributed by atoms with Crippen LogP contribution in [0.1, 0.15) is 23.1 Å². The van der Waals surface area contributed by atoms with Gasteiger partial charge in [0, 0.05) is 39.3 Å². The minimum absolute atomic E-state index is 0.0462. The molecule has 22 heavy (non-hydrogen) atoms. The smallest absolute Gasteiger partial charge is 0.272 e. The lowest BCUT2D eigenvalue weighted by Crippen LogP contribution is -2.50. The lowest BCUT2D eigenvalue weighted by atomic mass is 10.2. The van der Waals surface area contributed by atoms with Crippen LogP contribution < -0.4 is 0 Å². The van der Waals surface area contributed by atoms with E-state index < -0.39 is 0 Å². The summed E-state index contributed by atoms with van der Waals surface area (Å²) >= 11 is 6.03. The topological polar surface area (TPSA) is 57.9 Å². The summed E-state index contributed by atoms with van der Waals surface area (Å²) in [6.45, 7) is 5.57. The summed E-state index contributed by atoms with van der Waals surface area (Å²) in [5.74, 6) is -0.0275. The number of hydrogen-bond acceptors (Lipinski definition) is 3. The molecule has 1 saturated heterocycles. The Hall–Kier alpha value is -2.08. The number of nitrogens with zero attached hydrogens (tertiary/aromatic N) is 4. The minimum Gasteiger partial charge on any atom is -0.339 e. The standard InChI is InChI=1S/C15H17ClN4O2/c1-10-14(20-9-12(16)3-4-13(20)17-10)15(22)19-7-5-18(6-8-19)11(2)21/h3-4,9H,5-8H2,1-2H3. The van der Waals surface area contributed by atoms with Gasteiger partial charge in [0.1, 0.15) is 11.3 Å². The normalized spacial score (nSPS) is 15.4. The number of hydrogen-bond donors (Lipinski definition) is 0. The molecule has 0 spiro atoms. The van der Waals surface area contributed by atoms with E-state index in [1.807, 2.05) is 6.92 Å². The molecule has 1 fully saturated rings. The number of rotatable bonds is 1. The fourth-order valence-corrected chi connectivity index (χ4v) is 2.93. The average molecular weight is 321 g/mol. The second kappa shape index (κ2) is 5.61. The van der Waals surface area contributed by atoms with Gasteiger partial charge in [0.25, 0.3) is 5.91 Å². The van der Waals surface area contributed by atoms with Gasteiger partial charge in [-0.2, -0.15) is 0 Å². The first-order valence-electron chi connectivity index (χ1n) is 7.16. The quantitative estimate of drug-likeness (QED) is 0.802. The predicted molar refractivity (Wildman–Crippen MR) is 83.1 cm³/mol. The van der Waals surface area contributed by atoms with Crippen LogP contribution in [0.3, 0.4) is 0 Å². The van der Waals surface area contributed by atoms with E-state index in [0.29, 0.717) is 48.2 Å². The number of aryl methyl sites for hydroxylation is 1. The third kappa shape index (κ3) is 2.54. The SMILES string of the molecule is CC(=O)N1CCN(C(=O)c2c(C)nc3ccc(Cl)cn23)CC1. The zero-order valence-electron chi connectivity index (χ0n) is 12.5. The number of carbonyl (C=O) groups is 2. The molecular formula is C15H17ClN4O2. The lowest BCUT2D eigenvalue weighted by Gasteiger charge is -2.34. The lowest BCUT2D eigenvalue weighted by molar-refractivity contribution is -0.130. The zero-order chi connectivity index (χ0) is 15.9. The number of aromatic nitrogens is 2. The summed E-state index contributed by atoms with van der Waals surface area (Å²) < 4.78 is 1.73. The molecule has 0 aliphatic carbocycles. The molecule has 0 N–H and O–H groups in total. The minimum atomic E-state index is -0.0736. The van der Waals surface area contributed by atoms with Gasteiger partial charge in [0.2, 0.25) is 5.91 Å². The van der Waals surface area contributed by atoms with Gasteiger partial charge in [-0.15, -0.1) is 0 Å². The summed E-state index contributed by atoms with van der Waals surface area (Å²) in [5.41, 5.74) is 1.92. The van der Waals surface area contributed by atoms with E-state index in [1.54, 1.807) is 39.5 Å². The Morgan fingerprint density at radius 1 is 1.14 bits per heavy atom. The van der Waals surface area contributed by atoms with E-state index in [0.717, 1.165) is 0 Å². The third-order valence-corrected chi connectivity index (χ3v) is 4.20. The number of imidazole rings is 1. The van der Waals surface area contributed by atoms with E-state index in [4.69, 9.17) is 11.6 Å². The fourth-order valence-electron chi connectivity index (χ4n) is 2.77. The van der Waals surface area contributed by atoms with Crippen LogP contribution in [0.15, 0.2) is 18.3 Å². The molecule has 116 valence electrons. The third-order valence-electron chi connectivity index (χ3n) is 3.97. The van der Waals surface area contributed by atoms with Gasteiger partial charge in [-0.3, -0.25) is 14.0 Å². The molecule has 7 heteroatoms. The predicted octanol–water partition coefficient (Wildman–Crippen LogP) is 1.60. The van der Waals surface area contributed by atoms with Gasteiger partial charge < -0.3 is 9.80 Å². The highest BCUT2D eigenvalue weighted by atomic mass is 35.5. The van der Waals surface area contributed by atoms with Crippen molar-refractivity contribution in [2.24, 2.45) is 0 Å². The van der Waals surface area contributed by atoms with E-state index in [1.165, 1.54) is 0 Å². The Balaban J connectivity index is 1.88. The van der Waals surface area contributed by atoms with Crippen LogP contribution in [0.25, 0.3) is 5.65 Å². The maximum absolute atomic E-state index is 12.8. The van der Waals surface area contributed by atoms with Crippen molar-refractivity contribution in [3.8, 4) is 0 Å². The van der Waals surface area contributed by atoms with Crippen LogP contribution in [0.5, 0.6) is 0 Å². The van der Waals surface area contributed by atoms with Crippen molar-refractivity contribution in [3.05, 3.63) is 34.7 Å². The number of amides is 2. The van der Waals surface area contributed by atoms with Crippen molar-refractivity contribution < 1.29 is 9.59 Å². The molecule has 1 aliphatic rings. The number of fused-ring (bicyclic) bond motifs is 1. The van der Waals surface area contributed by atoms with Gasteiger partial charge in [-0.1, -0.05) is 11.6 Å². The Labute approximate surface area is 133 Å². The summed E-state index contributed by atoms with van der Waals surface area (Å²) in [6.07, 6.45) is 1.70. The van der Waals surface area contributed by atoms with E-state index in [-0.39, 0.29) is 11.8 Å². The number of piperazine rings is 1. The largest absolute Gasteiger partial charge is 0.339 e. The number of pyridine rings is 1. The van der Waals surface area contributed by atoms with Crippen LogP contribution in [0.2, 0.25) is 5.02 Å². The first-order valence-corrected chi connectivity index (χ1v) is 7.54. The van der Waals surface area contributed by atoms with Crippen molar-refractivity contribution in [2.45, 2.75) is 13.8 Å². The molecule has 0 atom stereocenters. The first kappa shape index (κ1) is 14.8. The van der Waals surface area contributed by atoms with Crippen molar-refractivity contribution in [3.63, 3.8) is 0 Å². The highest BCUT2D eigenvalue weighted by Gasteiger charge is 2.26. The Kier molecular flexibility index (Phi) is 3.78. The molecule has 3 rings (SSSR count). The van der Waals surface area contributed by atoms with Crippen LogP contribution in [-0.4, -0.2) is 57.2 Å². The van der Waals surface area contributed by atoms with Crippen molar-refractivity contribution in [2.75, 3.05) is 26.2 Å². The molecule has 1 aliphatic heterocycles. The highest BCUT2D eigenvalue weighted by molar-refractivity contribution is 6.30. The van der Waals surface area contributed by atoms with Crippen LogP contribution in [-0.2, 0) is 4.79 Å². The second-order valence-corrected chi connectivity index (χ2v) is 5.86. The Morgan fingerprint density at radius 2 is 1.77 bits per heavy atom. The molecule has 0 aromatic carbocycles. The maximum atomic E-state index is 12.8. The van der Waals surface area contributed by atoms with E-state index in [2.05, 4.69) is 4.98 Å². The first-order chi connectivity index (χ1) is 10.5. The molecule has 0 unspecified atom stereocenters. The molecule has 2 aromatic rings. The molecule has 2 amide bonds. The van der Waals surface area contributed by atoms with Gasteiger partial charge in [0.15, 0.2) is 0 Å². The molecule has 2 aromatic heterocycles. The van der Waals surface area contributed by atoms with Crippen LogP contribution in [0, 0.1) is 6.92 Å². The van der Waals surface area contributed by atoms with E-state index >= 15 is 0 Å². The van der Waals surface area contributed by atoms with Crippen LogP contribution >= 0.6 is 11.6 Å². The van der Waals surface area contributed by atoms with Crippen molar-refractivity contribution in [1.82, 2.24) is 19.2 Å². The Bertz CT molecular complexity index is 747. The van der Waals surface area contributed by atoms with E-state index in [9.17, 15) is 9.59 Å². The molecule has 0 saturated carbocycles. The summed E-state index contributed by atoms with van der Waals surface area (Å²) in [4.78, 5) is 32.1. The molecule has 0 bridgehead atoms. The van der Waals surface area contributed by atoms with Crippen molar-refractivity contribution in [1.29, 1.82) is 0 Å². The molecule has 3 heterocycles. The number of carbonyl (C=O) groups excluding carboxylic acids is 2. The Morgan fingerprint density at radius 3 is 2.41 bits per heavy atom. The fraction of sp³-hybridized carbons (Fsp3) is 0.400. The van der Waals surface area contributed by atoms with Gasteiger partial charge in [-0.05, 0) is 19.1 Å². The maximum Gasteiger partial charge on any atom is 0.272 e. The number of halogens is 1. The van der Waals surface area contributed by atoms with Gasteiger partial charge in [-0.25, -0.2) is 4.98 Å². The molecule has 0 radical (unpaired) electrons.